The number of carbonyl (C=O) groups is 1. The number of piperazine rings is 1. The summed E-state index contributed by atoms with van der Waals surface area (Å²) in [4.78, 5) is 28.3. The summed E-state index contributed by atoms with van der Waals surface area (Å²) in [6, 6.07) is 1.72. The number of aromatic nitrogens is 2. The molecule has 0 atom stereocenters. The molecule has 0 saturated carbocycles. The number of aryl methyl sites for hydroxylation is 2. The lowest BCUT2D eigenvalue weighted by molar-refractivity contribution is 0.0746. The SMILES string of the molecule is O=C(c1ccoc1)N1CCN(c2ncnc3sc4c(c23)CCC4)CC1. The second-order valence-corrected chi connectivity index (χ2v) is 7.61. The minimum absolute atomic E-state index is 0.0395. The maximum atomic E-state index is 12.5. The number of amides is 1. The van der Waals surface area contributed by atoms with E-state index in [0.717, 1.165) is 30.2 Å². The van der Waals surface area contributed by atoms with Crippen molar-refractivity contribution in [2.24, 2.45) is 0 Å². The molecular formula is C18H18N4O2S. The van der Waals surface area contributed by atoms with Crippen LogP contribution in [-0.2, 0) is 12.8 Å². The van der Waals surface area contributed by atoms with E-state index < -0.39 is 0 Å². The minimum Gasteiger partial charge on any atom is -0.472 e. The number of nitrogens with zero attached hydrogens (tertiary/aromatic N) is 4. The van der Waals surface area contributed by atoms with E-state index in [9.17, 15) is 4.79 Å². The topological polar surface area (TPSA) is 62.5 Å². The van der Waals surface area contributed by atoms with Gasteiger partial charge >= 0.3 is 0 Å². The van der Waals surface area contributed by atoms with Crippen LogP contribution in [0.1, 0.15) is 27.2 Å². The molecule has 7 heteroatoms. The first kappa shape index (κ1) is 14.9. The maximum absolute atomic E-state index is 12.5. The molecule has 0 spiro atoms. The molecule has 2 aliphatic rings. The molecule has 3 aromatic heterocycles. The fourth-order valence-electron chi connectivity index (χ4n) is 3.84. The minimum atomic E-state index is 0.0395. The van der Waals surface area contributed by atoms with Gasteiger partial charge in [0, 0.05) is 31.1 Å². The quantitative estimate of drug-likeness (QED) is 0.708. The van der Waals surface area contributed by atoms with Gasteiger partial charge in [-0.2, -0.15) is 0 Å². The van der Waals surface area contributed by atoms with Crippen molar-refractivity contribution in [3.05, 3.63) is 40.9 Å². The van der Waals surface area contributed by atoms with Crippen LogP contribution in [0.25, 0.3) is 10.2 Å². The summed E-state index contributed by atoms with van der Waals surface area (Å²) in [6.07, 6.45) is 8.26. The van der Waals surface area contributed by atoms with Gasteiger partial charge in [0.25, 0.3) is 5.91 Å². The molecule has 4 heterocycles. The molecule has 1 saturated heterocycles. The predicted octanol–water partition coefficient (Wildman–Crippen LogP) is 2.74. The molecule has 1 aliphatic carbocycles. The first-order valence-electron chi connectivity index (χ1n) is 8.63. The number of anilines is 1. The zero-order chi connectivity index (χ0) is 16.8. The number of hydrogen-bond acceptors (Lipinski definition) is 6. The van der Waals surface area contributed by atoms with Crippen LogP contribution < -0.4 is 4.90 Å². The normalized spacial score (nSPS) is 17.3. The Morgan fingerprint density at radius 2 is 2.04 bits per heavy atom. The van der Waals surface area contributed by atoms with Gasteiger partial charge in [-0.15, -0.1) is 11.3 Å². The van der Waals surface area contributed by atoms with Gasteiger partial charge in [0.2, 0.25) is 0 Å². The van der Waals surface area contributed by atoms with E-state index in [0.29, 0.717) is 18.7 Å². The molecule has 0 aromatic carbocycles. The van der Waals surface area contributed by atoms with Gasteiger partial charge < -0.3 is 14.2 Å². The van der Waals surface area contributed by atoms with Gasteiger partial charge in [-0.1, -0.05) is 0 Å². The van der Waals surface area contributed by atoms with E-state index in [1.807, 2.05) is 16.2 Å². The van der Waals surface area contributed by atoms with Crippen molar-refractivity contribution in [2.75, 3.05) is 31.1 Å². The Balaban J connectivity index is 1.39. The van der Waals surface area contributed by atoms with Crippen molar-refractivity contribution in [3.63, 3.8) is 0 Å². The van der Waals surface area contributed by atoms with Crippen LogP contribution in [0.5, 0.6) is 0 Å². The first-order valence-corrected chi connectivity index (χ1v) is 9.44. The Bertz CT molecular complexity index is 926. The molecular weight excluding hydrogens is 336 g/mol. The molecule has 5 rings (SSSR count). The highest BCUT2D eigenvalue weighted by Crippen LogP contribution is 2.40. The van der Waals surface area contributed by atoms with E-state index in [1.54, 1.807) is 12.4 Å². The molecule has 0 radical (unpaired) electrons. The van der Waals surface area contributed by atoms with Crippen LogP contribution in [0.4, 0.5) is 5.82 Å². The zero-order valence-corrected chi connectivity index (χ0v) is 14.6. The molecule has 6 nitrogen and oxygen atoms in total. The summed E-state index contributed by atoms with van der Waals surface area (Å²) < 4.78 is 5.03. The third-order valence-electron chi connectivity index (χ3n) is 5.12. The van der Waals surface area contributed by atoms with Gasteiger partial charge in [0.05, 0.1) is 17.2 Å². The highest BCUT2D eigenvalue weighted by atomic mass is 32.1. The van der Waals surface area contributed by atoms with Gasteiger partial charge in [0.15, 0.2) is 0 Å². The van der Waals surface area contributed by atoms with E-state index in [-0.39, 0.29) is 5.91 Å². The molecule has 0 N–H and O–H groups in total. The van der Waals surface area contributed by atoms with Crippen LogP contribution in [0.2, 0.25) is 0 Å². The molecule has 1 aliphatic heterocycles. The van der Waals surface area contributed by atoms with Gasteiger partial charge in [0.1, 0.15) is 23.2 Å². The Morgan fingerprint density at radius 3 is 2.84 bits per heavy atom. The second kappa shape index (κ2) is 5.84. The van der Waals surface area contributed by atoms with E-state index in [4.69, 9.17) is 4.42 Å². The Morgan fingerprint density at radius 1 is 1.16 bits per heavy atom. The van der Waals surface area contributed by atoms with Crippen molar-refractivity contribution < 1.29 is 9.21 Å². The number of furan rings is 1. The molecule has 128 valence electrons. The third kappa shape index (κ3) is 2.41. The van der Waals surface area contributed by atoms with Crippen LogP contribution in [-0.4, -0.2) is 47.0 Å². The molecule has 1 amide bonds. The van der Waals surface area contributed by atoms with Crippen molar-refractivity contribution in [1.29, 1.82) is 0 Å². The lowest BCUT2D eigenvalue weighted by Crippen LogP contribution is -2.49. The zero-order valence-electron chi connectivity index (χ0n) is 13.8. The third-order valence-corrected chi connectivity index (χ3v) is 6.32. The highest BCUT2D eigenvalue weighted by Gasteiger charge is 2.27. The molecule has 1 fully saturated rings. The van der Waals surface area contributed by atoms with Gasteiger partial charge in [-0.3, -0.25) is 4.79 Å². The lowest BCUT2D eigenvalue weighted by atomic mass is 10.1. The lowest BCUT2D eigenvalue weighted by Gasteiger charge is -2.35. The number of thiophene rings is 1. The van der Waals surface area contributed by atoms with E-state index in [2.05, 4.69) is 14.9 Å². The highest BCUT2D eigenvalue weighted by molar-refractivity contribution is 7.19. The number of carbonyl (C=O) groups excluding carboxylic acids is 1. The summed E-state index contributed by atoms with van der Waals surface area (Å²) in [5.41, 5.74) is 2.07. The maximum Gasteiger partial charge on any atom is 0.257 e. The largest absolute Gasteiger partial charge is 0.472 e. The van der Waals surface area contributed by atoms with Crippen LogP contribution in [0.3, 0.4) is 0 Å². The summed E-state index contributed by atoms with van der Waals surface area (Å²) in [5.74, 6) is 1.08. The molecule has 3 aromatic rings. The Hall–Kier alpha value is -2.41. The van der Waals surface area contributed by atoms with Crippen molar-refractivity contribution in [2.45, 2.75) is 19.3 Å². The second-order valence-electron chi connectivity index (χ2n) is 6.53. The van der Waals surface area contributed by atoms with Gasteiger partial charge in [-0.25, -0.2) is 9.97 Å². The van der Waals surface area contributed by atoms with Crippen LogP contribution in [0.15, 0.2) is 29.3 Å². The predicted molar refractivity (Wildman–Crippen MR) is 96.3 cm³/mol. The first-order chi connectivity index (χ1) is 12.3. The summed E-state index contributed by atoms with van der Waals surface area (Å²) in [6.45, 7) is 2.98. The standard InChI is InChI=1S/C18H18N4O2S/c23-18(12-4-9-24-10-12)22-7-5-21(6-8-22)16-15-13-2-1-3-14(13)25-17(15)20-11-19-16/h4,9-11H,1-3,5-8H2. The Kier molecular flexibility index (Phi) is 3.48. The van der Waals surface area contributed by atoms with Crippen LogP contribution >= 0.6 is 11.3 Å². The molecule has 0 bridgehead atoms. The van der Waals surface area contributed by atoms with Crippen molar-refractivity contribution in [3.8, 4) is 0 Å². The summed E-state index contributed by atoms with van der Waals surface area (Å²) in [5, 5.41) is 1.25. The number of hydrogen-bond donors (Lipinski definition) is 0. The van der Waals surface area contributed by atoms with E-state index in [1.165, 1.54) is 41.2 Å². The monoisotopic (exact) mass is 354 g/mol. The number of rotatable bonds is 2. The van der Waals surface area contributed by atoms with Crippen molar-refractivity contribution >= 4 is 33.3 Å². The molecule has 0 unspecified atom stereocenters. The van der Waals surface area contributed by atoms with Gasteiger partial charge in [-0.05, 0) is 30.9 Å². The number of fused-ring (bicyclic) bond motifs is 3. The molecule has 25 heavy (non-hydrogen) atoms. The Labute approximate surface area is 149 Å². The fourth-order valence-corrected chi connectivity index (χ4v) is 5.07. The van der Waals surface area contributed by atoms with E-state index >= 15 is 0 Å². The summed E-state index contributed by atoms with van der Waals surface area (Å²) >= 11 is 1.82. The van der Waals surface area contributed by atoms with Crippen molar-refractivity contribution in [1.82, 2.24) is 14.9 Å². The smallest absolute Gasteiger partial charge is 0.257 e. The van der Waals surface area contributed by atoms with Crippen LogP contribution in [0, 0.1) is 0 Å². The average Bonchev–Trinajstić information content (AvgIpc) is 3.37. The average molecular weight is 354 g/mol. The summed E-state index contributed by atoms with van der Waals surface area (Å²) in [7, 11) is 0. The fraction of sp³-hybridized carbons (Fsp3) is 0.389.